The highest BCUT2D eigenvalue weighted by atomic mass is 35.5. The summed E-state index contributed by atoms with van der Waals surface area (Å²) in [5, 5.41) is 3.38. The normalized spacial score (nSPS) is 9.84. The smallest absolute Gasteiger partial charge is 0.257 e. The zero-order valence-corrected chi connectivity index (χ0v) is 12.0. The number of halogens is 1. The molecule has 4 nitrogen and oxygen atoms in total. The molecule has 1 amide bonds. The first-order valence-electron chi connectivity index (χ1n) is 6.06. The number of amides is 1. The Bertz CT molecular complexity index is 451. The number of allylic oxidation sites excluding steroid dienone is 1. The Labute approximate surface area is 118 Å². The van der Waals surface area contributed by atoms with E-state index < -0.39 is 0 Å². The number of benzene rings is 1. The summed E-state index contributed by atoms with van der Waals surface area (Å²) in [4.78, 5) is 11.5. The lowest BCUT2D eigenvalue weighted by Gasteiger charge is -2.08. The van der Waals surface area contributed by atoms with Crippen molar-refractivity contribution < 1.29 is 9.53 Å². The maximum absolute atomic E-state index is 11.5. The van der Waals surface area contributed by atoms with Crippen LogP contribution in [0.1, 0.15) is 20.3 Å². The third-order valence-electron chi connectivity index (χ3n) is 2.54. The van der Waals surface area contributed by atoms with Crippen molar-refractivity contribution in [1.29, 1.82) is 0 Å². The molecule has 0 bridgehead atoms. The molecule has 0 atom stereocenters. The zero-order valence-electron chi connectivity index (χ0n) is 11.2. The van der Waals surface area contributed by atoms with Crippen LogP contribution in [0.4, 0.5) is 0 Å². The number of nitrogens with two attached hydrogens (primary N) is 1. The van der Waals surface area contributed by atoms with Crippen LogP contribution < -0.4 is 15.8 Å². The summed E-state index contributed by atoms with van der Waals surface area (Å²) in [7, 11) is 0. The number of hydrogen-bond donors (Lipinski definition) is 2. The highest BCUT2D eigenvalue weighted by Gasteiger charge is 2.03. The summed E-state index contributed by atoms with van der Waals surface area (Å²) >= 11 is 5.75. The first-order valence-corrected chi connectivity index (χ1v) is 6.43. The highest BCUT2D eigenvalue weighted by molar-refractivity contribution is 6.30. The number of carbonyl (C=O) groups excluding carboxylic acids is 1. The van der Waals surface area contributed by atoms with Crippen molar-refractivity contribution in [2.45, 2.75) is 20.3 Å². The van der Waals surface area contributed by atoms with E-state index in [2.05, 4.69) is 5.32 Å². The molecule has 0 aromatic heterocycles. The predicted molar refractivity (Wildman–Crippen MR) is 77.1 cm³/mol. The summed E-state index contributed by atoms with van der Waals surface area (Å²) in [6.07, 6.45) is 0.648. The molecular formula is C14H19ClN2O2. The molecule has 0 aliphatic carbocycles. The lowest BCUT2D eigenvalue weighted by atomic mass is 10.2. The number of rotatable bonds is 6. The van der Waals surface area contributed by atoms with Crippen molar-refractivity contribution in [1.82, 2.24) is 5.32 Å². The fourth-order valence-corrected chi connectivity index (χ4v) is 1.44. The lowest BCUT2D eigenvalue weighted by molar-refractivity contribution is -0.123. The van der Waals surface area contributed by atoms with Crippen LogP contribution in [0.25, 0.3) is 0 Å². The van der Waals surface area contributed by atoms with E-state index in [9.17, 15) is 4.79 Å². The summed E-state index contributed by atoms with van der Waals surface area (Å²) < 4.78 is 5.31. The summed E-state index contributed by atoms with van der Waals surface area (Å²) in [5.41, 5.74) is 7.65. The van der Waals surface area contributed by atoms with E-state index >= 15 is 0 Å². The van der Waals surface area contributed by atoms with Crippen molar-refractivity contribution in [2.24, 2.45) is 5.73 Å². The average molecular weight is 283 g/mol. The molecule has 1 aromatic rings. The third-order valence-corrected chi connectivity index (χ3v) is 2.79. The first-order chi connectivity index (χ1) is 8.99. The molecular weight excluding hydrogens is 264 g/mol. The minimum Gasteiger partial charge on any atom is -0.484 e. The molecule has 104 valence electrons. The Balaban J connectivity index is 2.25. The lowest BCUT2D eigenvalue weighted by Crippen LogP contribution is -2.30. The van der Waals surface area contributed by atoms with Crippen LogP contribution >= 0.6 is 11.6 Å². The summed E-state index contributed by atoms with van der Waals surface area (Å²) in [6.45, 7) is 4.39. The van der Waals surface area contributed by atoms with Gasteiger partial charge in [0.1, 0.15) is 5.75 Å². The molecule has 0 spiro atoms. The standard InChI is InChI=1S/C14H19ClN2O2/c1-10(2)13(16)7-8-17-14(18)9-19-12-5-3-11(15)4-6-12/h3-6H,7-9,16H2,1-2H3,(H,17,18). The number of carbonyl (C=O) groups is 1. The molecule has 19 heavy (non-hydrogen) atoms. The Morgan fingerprint density at radius 1 is 1.32 bits per heavy atom. The zero-order chi connectivity index (χ0) is 14.3. The van der Waals surface area contributed by atoms with E-state index in [4.69, 9.17) is 22.1 Å². The number of ether oxygens (including phenoxy) is 1. The van der Waals surface area contributed by atoms with Crippen LogP contribution in [0.5, 0.6) is 5.75 Å². The van der Waals surface area contributed by atoms with Crippen LogP contribution in [-0.2, 0) is 4.79 Å². The second-order valence-corrected chi connectivity index (χ2v) is 4.80. The van der Waals surface area contributed by atoms with Gasteiger partial charge in [-0.15, -0.1) is 0 Å². The van der Waals surface area contributed by atoms with Gasteiger partial charge in [-0.3, -0.25) is 4.79 Å². The van der Waals surface area contributed by atoms with Gasteiger partial charge in [0.15, 0.2) is 6.61 Å². The molecule has 0 aliphatic rings. The van der Waals surface area contributed by atoms with E-state index in [1.807, 2.05) is 13.8 Å². The Hall–Kier alpha value is -1.68. The molecule has 5 heteroatoms. The van der Waals surface area contributed by atoms with E-state index in [1.54, 1.807) is 24.3 Å². The van der Waals surface area contributed by atoms with Crippen LogP contribution in [-0.4, -0.2) is 19.1 Å². The van der Waals surface area contributed by atoms with E-state index in [-0.39, 0.29) is 12.5 Å². The van der Waals surface area contributed by atoms with Gasteiger partial charge in [-0.25, -0.2) is 0 Å². The van der Waals surface area contributed by atoms with Gasteiger partial charge in [0.25, 0.3) is 5.91 Å². The summed E-state index contributed by atoms with van der Waals surface area (Å²) in [6, 6.07) is 6.86. The second kappa shape index (κ2) is 7.69. The molecule has 1 rings (SSSR count). The Morgan fingerprint density at radius 3 is 2.53 bits per heavy atom. The Morgan fingerprint density at radius 2 is 1.95 bits per heavy atom. The molecule has 0 unspecified atom stereocenters. The minimum atomic E-state index is -0.170. The molecule has 1 aromatic carbocycles. The van der Waals surface area contributed by atoms with Gasteiger partial charge < -0.3 is 15.8 Å². The molecule has 0 aliphatic heterocycles. The fourth-order valence-electron chi connectivity index (χ4n) is 1.32. The summed E-state index contributed by atoms with van der Waals surface area (Å²) in [5.74, 6) is 0.444. The van der Waals surface area contributed by atoms with Crippen LogP contribution in [0, 0.1) is 0 Å². The number of nitrogens with one attached hydrogen (secondary N) is 1. The van der Waals surface area contributed by atoms with Gasteiger partial charge in [-0.2, -0.15) is 0 Å². The SMILES string of the molecule is CC(C)=C(N)CCNC(=O)COc1ccc(Cl)cc1. The van der Waals surface area contributed by atoms with Crippen molar-refractivity contribution in [2.75, 3.05) is 13.2 Å². The maximum Gasteiger partial charge on any atom is 0.257 e. The van der Waals surface area contributed by atoms with Crippen molar-refractivity contribution in [3.63, 3.8) is 0 Å². The maximum atomic E-state index is 11.5. The monoisotopic (exact) mass is 282 g/mol. The first kappa shape index (κ1) is 15.4. The van der Waals surface area contributed by atoms with Gasteiger partial charge in [0.2, 0.25) is 0 Å². The number of hydrogen-bond acceptors (Lipinski definition) is 3. The van der Waals surface area contributed by atoms with E-state index in [0.29, 0.717) is 23.7 Å². The van der Waals surface area contributed by atoms with Crippen LogP contribution in [0.3, 0.4) is 0 Å². The van der Waals surface area contributed by atoms with Gasteiger partial charge in [-0.1, -0.05) is 17.2 Å². The molecule has 3 N–H and O–H groups in total. The Kier molecular flexibility index (Phi) is 6.22. The topological polar surface area (TPSA) is 64.3 Å². The quantitative estimate of drug-likeness (QED) is 0.842. The molecule has 0 heterocycles. The van der Waals surface area contributed by atoms with Crippen LogP contribution in [0.15, 0.2) is 35.5 Å². The molecule has 0 saturated heterocycles. The fraction of sp³-hybridized carbons (Fsp3) is 0.357. The van der Waals surface area contributed by atoms with Crippen molar-refractivity contribution in [3.05, 3.63) is 40.6 Å². The van der Waals surface area contributed by atoms with Gasteiger partial charge >= 0.3 is 0 Å². The molecule has 0 fully saturated rings. The van der Waals surface area contributed by atoms with Crippen molar-refractivity contribution >= 4 is 17.5 Å². The molecule has 0 saturated carbocycles. The largest absolute Gasteiger partial charge is 0.484 e. The minimum absolute atomic E-state index is 0.0175. The van der Waals surface area contributed by atoms with E-state index in [0.717, 1.165) is 11.3 Å². The van der Waals surface area contributed by atoms with E-state index in [1.165, 1.54) is 0 Å². The van der Waals surface area contributed by atoms with Gasteiger partial charge in [0, 0.05) is 23.7 Å². The average Bonchev–Trinajstić information content (AvgIpc) is 2.37. The second-order valence-electron chi connectivity index (χ2n) is 4.37. The van der Waals surface area contributed by atoms with Gasteiger partial charge in [0.05, 0.1) is 0 Å². The van der Waals surface area contributed by atoms with Crippen molar-refractivity contribution in [3.8, 4) is 5.75 Å². The molecule has 0 radical (unpaired) electrons. The predicted octanol–water partition coefficient (Wildman–Crippen LogP) is 2.48. The van der Waals surface area contributed by atoms with Gasteiger partial charge in [-0.05, 0) is 38.1 Å². The van der Waals surface area contributed by atoms with Crippen LogP contribution in [0.2, 0.25) is 5.02 Å². The third kappa shape index (κ3) is 6.15. The highest BCUT2D eigenvalue weighted by Crippen LogP contribution is 2.15.